The van der Waals surface area contributed by atoms with Crippen LogP contribution in [0.25, 0.3) is 0 Å². The second kappa shape index (κ2) is 7.50. The second-order valence-corrected chi connectivity index (χ2v) is 6.13. The van der Waals surface area contributed by atoms with Crippen molar-refractivity contribution < 1.29 is 4.79 Å². The Balaban J connectivity index is 1.92. The van der Waals surface area contributed by atoms with Crippen LogP contribution in [0.1, 0.15) is 18.5 Å². The summed E-state index contributed by atoms with van der Waals surface area (Å²) in [6.45, 7) is 1.94. The van der Waals surface area contributed by atoms with E-state index in [1.165, 1.54) is 11.8 Å². The van der Waals surface area contributed by atoms with E-state index in [2.05, 4.69) is 5.32 Å². The zero-order valence-electron chi connectivity index (χ0n) is 11.7. The highest BCUT2D eigenvalue weighted by Crippen LogP contribution is 2.23. The molecule has 1 atom stereocenters. The van der Waals surface area contributed by atoms with Gasteiger partial charge in [0.05, 0.1) is 16.5 Å². The van der Waals surface area contributed by atoms with Crippen LogP contribution < -0.4 is 11.1 Å². The molecule has 0 saturated heterocycles. The first-order chi connectivity index (χ1) is 10.1. The average molecular weight is 321 g/mol. The summed E-state index contributed by atoms with van der Waals surface area (Å²) in [5, 5.41) is 3.34. The molecule has 3 N–H and O–H groups in total. The van der Waals surface area contributed by atoms with Crippen molar-refractivity contribution in [1.29, 1.82) is 0 Å². The molecule has 2 aromatic rings. The molecule has 2 rings (SSSR count). The minimum Gasteiger partial charge on any atom is -0.324 e. The van der Waals surface area contributed by atoms with Crippen molar-refractivity contribution >= 4 is 35.0 Å². The summed E-state index contributed by atoms with van der Waals surface area (Å²) in [5.74, 6) is 0.243. The van der Waals surface area contributed by atoms with Gasteiger partial charge in [0.1, 0.15) is 0 Å². The molecule has 3 nitrogen and oxygen atoms in total. The van der Waals surface area contributed by atoms with Crippen molar-refractivity contribution in [3.8, 4) is 0 Å². The Morgan fingerprint density at radius 3 is 2.76 bits per heavy atom. The van der Waals surface area contributed by atoms with Crippen LogP contribution in [0.2, 0.25) is 5.02 Å². The number of hydrogen-bond donors (Lipinski definition) is 2. The van der Waals surface area contributed by atoms with Crippen molar-refractivity contribution in [2.45, 2.75) is 17.9 Å². The number of carbonyl (C=O) groups excluding carboxylic acids is 1. The van der Waals surface area contributed by atoms with Gasteiger partial charge in [-0.3, -0.25) is 4.79 Å². The van der Waals surface area contributed by atoms with Crippen molar-refractivity contribution in [3.05, 3.63) is 59.1 Å². The van der Waals surface area contributed by atoms with Crippen LogP contribution in [0.4, 0.5) is 5.69 Å². The molecule has 0 fully saturated rings. The first kappa shape index (κ1) is 15.9. The van der Waals surface area contributed by atoms with Crippen molar-refractivity contribution in [2.24, 2.45) is 5.73 Å². The maximum Gasteiger partial charge on any atom is 0.234 e. The number of halogens is 1. The number of nitrogens with one attached hydrogen (secondary N) is 1. The topological polar surface area (TPSA) is 55.1 Å². The normalized spacial score (nSPS) is 12.0. The van der Waals surface area contributed by atoms with Gasteiger partial charge in [-0.05, 0) is 36.8 Å². The molecule has 2 aromatic carbocycles. The van der Waals surface area contributed by atoms with E-state index in [0.717, 1.165) is 10.5 Å². The molecule has 0 aliphatic carbocycles. The minimum absolute atomic E-state index is 0.0116. The molecule has 0 saturated carbocycles. The van der Waals surface area contributed by atoms with Gasteiger partial charge in [-0.25, -0.2) is 0 Å². The summed E-state index contributed by atoms with van der Waals surface area (Å²) >= 11 is 7.48. The number of rotatable bonds is 5. The van der Waals surface area contributed by atoms with Crippen LogP contribution in [0, 0.1) is 0 Å². The highest BCUT2D eigenvalue weighted by atomic mass is 35.5. The summed E-state index contributed by atoms with van der Waals surface area (Å²) in [5.41, 5.74) is 7.55. The number of amides is 1. The molecule has 110 valence electrons. The molecule has 1 amide bonds. The Labute approximate surface area is 133 Å². The standard InChI is InChI=1S/C16H17ClN2OS/c1-11(18)12-5-4-6-13(9-12)21-10-16(20)19-15-8-3-2-7-14(15)17/h2-9,11H,10,18H2,1H3,(H,19,20). The number of nitrogens with two attached hydrogens (primary N) is 1. The third-order valence-electron chi connectivity index (χ3n) is 2.90. The van der Waals surface area contributed by atoms with Crippen molar-refractivity contribution in [2.75, 3.05) is 11.1 Å². The van der Waals surface area contributed by atoms with E-state index in [1.807, 2.05) is 43.3 Å². The van der Waals surface area contributed by atoms with Crippen LogP contribution in [0.5, 0.6) is 0 Å². The number of anilines is 1. The zero-order valence-corrected chi connectivity index (χ0v) is 13.2. The van der Waals surface area contributed by atoms with Gasteiger partial charge in [-0.1, -0.05) is 35.9 Å². The van der Waals surface area contributed by atoms with Crippen LogP contribution in [0.15, 0.2) is 53.4 Å². The largest absolute Gasteiger partial charge is 0.324 e. The lowest BCUT2D eigenvalue weighted by Crippen LogP contribution is -2.14. The summed E-state index contributed by atoms with van der Waals surface area (Å²) in [7, 11) is 0. The number of hydrogen-bond acceptors (Lipinski definition) is 3. The van der Waals surface area contributed by atoms with Gasteiger partial charge in [0, 0.05) is 10.9 Å². The van der Waals surface area contributed by atoms with Crippen LogP contribution >= 0.6 is 23.4 Å². The predicted octanol–water partition coefficient (Wildman–Crippen LogP) is 4.09. The molecule has 21 heavy (non-hydrogen) atoms. The third-order valence-corrected chi connectivity index (χ3v) is 4.23. The van der Waals surface area contributed by atoms with E-state index in [4.69, 9.17) is 17.3 Å². The molecule has 0 aliphatic heterocycles. The van der Waals surface area contributed by atoms with Gasteiger partial charge >= 0.3 is 0 Å². The fourth-order valence-corrected chi connectivity index (χ4v) is 2.73. The molecule has 0 aromatic heterocycles. The summed E-state index contributed by atoms with van der Waals surface area (Å²) < 4.78 is 0. The Morgan fingerprint density at radius 1 is 1.29 bits per heavy atom. The number of thioether (sulfide) groups is 1. The first-order valence-corrected chi connectivity index (χ1v) is 7.95. The molecule has 0 aliphatic rings. The number of benzene rings is 2. The van der Waals surface area contributed by atoms with Crippen LogP contribution in [-0.4, -0.2) is 11.7 Å². The highest BCUT2D eigenvalue weighted by Gasteiger charge is 2.07. The molecular formula is C16H17ClN2OS. The molecule has 5 heteroatoms. The Hall–Kier alpha value is -1.49. The second-order valence-electron chi connectivity index (χ2n) is 4.68. The van der Waals surface area contributed by atoms with E-state index in [0.29, 0.717) is 16.5 Å². The molecule has 0 radical (unpaired) electrons. The first-order valence-electron chi connectivity index (χ1n) is 6.59. The van der Waals surface area contributed by atoms with E-state index >= 15 is 0 Å². The van der Waals surface area contributed by atoms with Gasteiger partial charge in [-0.15, -0.1) is 11.8 Å². The van der Waals surface area contributed by atoms with Crippen molar-refractivity contribution in [3.63, 3.8) is 0 Å². The lowest BCUT2D eigenvalue weighted by atomic mass is 10.1. The van der Waals surface area contributed by atoms with Crippen LogP contribution in [-0.2, 0) is 4.79 Å². The summed E-state index contributed by atoms with van der Waals surface area (Å²) in [6, 6.07) is 15.1. The lowest BCUT2D eigenvalue weighted by Gasteiger charge is -2.09. The molecule has 1 unspecified atom stereocenters. The summed E-state index contributed by atoms with van der Waals surface area (Å²) in [6.07, 6.45) is 0. The minimum atomic E-state index is -0.0840. The Bertz CT molecular complexity index is 631. The van der Waals surface area contributed by atoms with E-state index in [1.54, 1.807) is 12.1 Å². The predicted molar refractivity (Wildman–Crippen MR) is 89.9 cm³/mol. The van der Waals surface area contributed by atoms with Gasteiger partial charge in [0.2, 0.25) is 5.91 Å². The molecule has 0 bridgehead atoms. The quantitative estimate of drug-likeness (QED) is 0.816. The van der Waals surface area contributed by atoms with E-state index in [-0.39, 0.29) is 11.9 Å². The van der Waals surface area contributed by atoms with Crippen molar-refractivity contribution in [1.82, 2.24) is 0 Å². The zero-order chi connectivity index (χ0) is 15.2. The van der Waals surface area contributed by atoms with Crippen LogP contribution in [0.3, 0.4) is 0 Å². The average Bonchev–Trinajstić information content (AvgIpc) is 2.48. The van der Waals surface area contributed by atoms with E-state index in [9.17, 15) is 4.79 Å². The lowest BCUT2D eigenvalue weighted by molar-refractivity contribution is -0.113. The molecule has 0 spiro atoms. The maximum atomic E-state index is 11.9. The monoisotopic (exact) mass is 320 g/mol. The van der Waals surface area contributed by atoms with Gasteiger partial charge < -0.3 is 11.1 Å². The van der Waals surface area contributed by atoms with Gasteiger partial charge in [0.15, 0.2) is 0 Å². The van der Waals surface area contributed by atoms with Gasteiger partial charge in [0.25, 0.3) is 0 Å². The SMILES string of the molecule is CC(N)c1cccc(SCC(=O)Nc2ccccc2Cl)c1. The Kier molecular flexibility index (Phi) is 5.67. The van der Waals surface area contributed by atoms with Gasteiger partial charge in [-0.2, -0.15) is 0 Å². The third kappa shape index (κ3) is 4.77. The fraction of sp³-hybridized carbons (Fsp3) is 0.188. The maximum absolute atomic E-state index is 11.9. The fourth-order valence-electron chi connectivity index (χ4n) is 1.79. The van der Waals surface area contributed by atoms with E-state index < -0.39 is 0 Å². The Morgan fingerprint density at radius 2 is 2.05 bits per heavy atom. The smallest absolute Gasteiger partial charge is 0.234 e. The number of carbonyl (C=O) groups is 1. The number of para-hydroxylation sites is 1. The molecule has 0 heterocycles. The molecular weight excluding hydrogens is 304 g/mol. The highest BCUT2D eigenvalue weighted by molar-refractivity contribution is 8.00. The summed E-state index contributed by atoms with van der Waals surface area (Å²) in [4.78, 5) is 13.0.